The SMILES string of the molecule is O=C1C[C@H](c2ccccc2)CN1Cc1nc(Cc2ccccc2)n[nH]1. The predicted octanol–water partition coefficient (Wildman–Crippen LogP) is 2.91. The van der Waals surface area contributed by atoms with Crippen molar-refractivity contribution in [2.45, 2.75) is 25.3 Å². The van der Waals surface area contributed by atoms with Gasteiger partial charge in [0.25, 0.3) is 0 Å². The molecule has 1 aromatic heterocycles. The summed E-state index contributed by atoms with van der Waals surface area (Å²) in [6, 6.07) is 20.4. The van der Waals surface area contributed by atoms with Crippen LogP contribution in [0.1, 0.15) is 35.1 Å². The number of benzene rings is 2. The molecule has 1 aliphatic heterocycles. The van der Waals surface area contributed by atoms with E-state index in [1.54, 1.807) is 0 Å². The van der Waals surface area contributed by atoms with Gasteiger partial charge in [0.1, 0.15) is 5.82 Å². The summed E-state index contributed by atoms with van der Waals surface area (Å²) in [5, 5.41) is 7.25. The molecular weight excluding hydrogens is 312 g/mol. The van der Waals surface area contributed by atoms with Gasteiger partial charge in [-0.2, -0.15) is 5.10 Å². The normalized spacial score (nSPS) is 17.2. The number of H-pyrrole nitrogens is 1. The maximum atomic E-state index is 12.3. The van der Waals surface area contributed by atoms with Gasteiger partial charge in [-0.15, -0.1) is 0 Å². The number of hydrogen-bond donors (Lipinski definition) is 1. The number of rotatable bonds is 5. The summed E-state index contributed by atoms with van der Waals surface area (Å²) >= 11 is 0. The maximum Gasteiger partial charge on any atom is 0.223 e. The number of nitrogens with one attached hydrogen (secondary N) is 1. The van der Waals surface area contributed by atoms with Crippen molar-refractivity contribution in [3.8, 4) is 0 Å². The van der Waals surface area contributed by atoms with Crippen LogP contribution in [0.25, 0.3) is 0 Å². The summed E-state index contributed by atoms with van der Waals surface area (Å²) in [6.07, 6.45) is 1.26. The van der Waals surface area contributed by atoms with Crippen molar-refractivity contribution in [1.82, 2.24) is 20.1 Å². The first-order valence-corrected chi connectivity index (χ1v) is 8.55. The minimum atomic E-state index is 0.176. The van der Waals surface area contributed by atoms with Gasteiger partial charge in [-0.3, -0.25) is 9.89 Å². The minimum absolute atomic E-state index is 0.176. The standard InChI is InChI=1S/C20H20N4O/c25-20-12-17(16-9-5-2-6-10-16)13-24(20)14-19-21-18(22-23-19)11-15-7-3-1-4-8-15/h1-10,17H,11-14H2,(H,21,22,23)/t17-/m0/s1. The molecule has 0 aliphatic carbocycles. The van der Waals surface area contributed by atoms with Crippen LogP contribution in [0.5, 0.6) is 0 Å². The van der Waals surface area contributed by atoms with Crippen molar-refractivity contribution in [1.29, 1.82) is 0 Å². The zero-order valence-corrected chi connectivity index (χ0v) is 13.9. The second-order valence-electron chi connectivity index (χ2n) is 6.45. The topological polar surface area (TPSA) is 61.9 Å². The molecule has 1 atom stereocenters. The molecule has 5 heteroatoms. The average molecular weight is 332 g/mol. The van der Waals surface area contributed by atoms with Crippen LogP contribution in [0.4, 0.5) is 0 Å². The lowest BCUT2D eigenvalue weighted by atomic mass is 9.99. The van der Waals surface area contributed by atoms with E-state index in [4.69, 9.17) is 0 Å². The third-order valence-electron chi connectivity index (χ3n) is 4.61. The largest absolute Gasteiger partial charge is 0.335 e. The van der Waals surface area contributed by atoms with Gasteiger partial charge >= 0.3 is 0 Å². The van der Waals surface area contributed by atoms with Gasteiger partial charge in [0, 0.05) is 25.3 Å². The van der Waals surface area contributed by atoms with Crippen molar-refractivity contribution in [2.24, 2.45) is 0 Å². The van der Waals surface area contributed by atoms with Gasteiger partial charge in [-0.1, -0.05) is 60.7 Å². The Morgan fingerprint density at radius 1 is 1.04 bits per heavy atom. The third-order valence-corrected chi connectivity index (χ3v) is 4.61. The Hall–Kier alpha value is -2.95. The summed E-state index contributed by atoms with van der Waals surface area (Å²) in [6.45, 7) is 1.22. The van der Waals surface area contributed by atoms with E-state index in [1.807, 2.05) is 41.3 Å². The molecule has 1 saturated heterocycles. The number of likely N-dealkylation sites (tertiary alicyclic amines) is 1. The third kappa shape index (κ3) is 3.60. The predicted molar refractivity (Wildman–Crippen MR) is 94.8 cm³/mol. The van der Waals surface area contributed by atoms with E-state index in [0.717, 1.165) is 18.2 Å². The molecule has 25 heavy (non-hydrogen) atoms. The quantitative estimate of drug-likeness (QED) is 0.781. The van der Waals surface area contributed by atoms with Crippen LogP contribution in [0.2, 0.25) is 0 Å². The van der Waals surface area contributed by atoms with E-state index in [1.165, 1.54) is 11.1 Å². The molecule has 0 unspecified atom stereocenters. The van der Waals surface area contributed by atoms with E-state index >= 15 is 0 Å². The van der Waals surface area contributed by atoms with E-state index in [9.17, 15) is 4.79 Å². The molecule has 0 spiro atoms. The smallest absolute Gasteiger partial charge is 0.223 e. The molecule has 1 aliphatic rings. The van der Waals surface area contributed by atoms with Gasteiger partial charge in [-0.25, -0.2) is 4.98 Å². The molecule has 1 N–H and O–H groups in total. The van der Waals surface area contributed by atoms with E-state index in [0.29, 0.717) is 19.4 Å². The number of aromatic amines is 1. The van der Waals surface area contributed by atoms with Gasteiger partial charge in [0.2, 0.25) is 5.91 Å². The van der Waals surface area contributed by atoms with E-state index in [2.05, 4.69) is 39.4 Å². The van der Waals surface area contributed by atoms with Gasteiger partial charge in [0.05, 0.1) is 6.54 Å². The molecule has 2 heterocycles. The van der Waals surface area contributed by atoms with Crippen LogP contribution in [0.3, 0.4) is 0 Å². The summed E-state index contributed by atoms with van der Waals surface area (Å²) in [4.78, 5) is 18.7. The Bertz CT molecular complexity index is 844. The summed E-state index contributed by atoms with van der Waals surface area (Å²) in [7, 11) is 0. The van der Waals surface area contributed by atoms with Crippen molar-refractivity contribution >= 4 is 5.91 Å². The van der Waals surface area contributed by atoms with Gasteiger partial charge < -0.3 is 4.90 Å². The first-order valence-electron chi connectivity index (χ1n) is 8.55. The van der Waals surface area contributed by atoms with Crippen LogP contribution < -0.4 is 0 Å². The minimum Gasteiger partial charge on any atom is -0.335 e. The molecule has 126 valence electrons. The molecule has 1 fully saturated rings. The first kappa shape index (κ1) is 15.6. The lowest BCUT2D eigenvalue weighted by Gasteiger charge is -2.15. The average Bonchev–Trinajstić information content (AvgIpc) is 3.24. The number of nitrogens with zero attached hydrogens (tertiary/aromatic N) is 3. The Morgan fingerprint density at radius 2 is 1.76 bits per heavy atom. The van der Waals surface area contributed by atoms with Crippen LogP contribution in [0.15, 0.2) is 60.7 Å². The van der Waals surface area contributed by atoms with Crippen LogP contribution >= 0.6 is 0 Å². The molecule has 1 amide bonds. The van der Waals surface area contributed by atoms with Gasteiger partial charge in [-0.05, 0) is 11.1 Å². The first-order chi connectivity index (χ1) is 12.3. The molecule has 4 rings (SSSR count). The highest BCUT2D eigenvalue weighted by Crippen LogP contribution is 2.28. The highest BCUT2D eigenvalue weighted by Gasteiger charge is 2.31. The fraction of sp³-hybridized carbons (Fsp3) is 0.250. The summed E-state index contributed by atoms with van der Waals surface area (Å²) in [5.41, 5.74) is 2.40. The van der Waals surface area contributed by atoms with Crippen molar-refractivity contribution < 1.29 is 4.79 Å². The Balaban J connectivity index is 1.40. The zero-order valence-electron chi connectivity index (χ0n) is 13.9. The number of amides is 1. The van der Waals surface area contributed by atoms with Crippen molar-refractivity contribution in [3.05, 3.63) is 83.4 Å². The lowest BCUT2D eigenvalue weighted by molar-refractivity contribution is -0.128. The number of hydrogen-bond acceptors (Lipinski definition) is 3. The monoisotopic (exact) mass is 332 g/mol. The lowest BCUT2D eigenvalue weighted by Crippen LogP contribution is -2.25. The second kappa shape index (κ2) is 6.89. The molecule has 5 nitrogen and oxygen atoms in total. The molecule has 0 bridgehead atoms. The summed E-state index contributed by atoms with van der Waals surface area (Å²) in [5.74, 6) is 1.94. The van der Waals surface area contributed by atoms with Crippen LogP contribution in [0, 0.1) is 0 Å². The Morgan fingerprint density at radius 3 is 2.52 bits per heavy atom. The fourth-order valence-electron chi connectivity index (χ4n) is 3.32. The van der Waals surface area contributed by atoms with E-state index in [-0.39, 0.29) is 11.8 Å². The molecule has 0 radical (unpaired) electrons. The zero-order chi connectivity index (χ0) is 17.1. The number of carbonyl (C=O) groups is 1. The van der Waals surface area contributed by atoms with Crippen molar-refractivity contribution in [2.75, 3.05) is 6.54 Å². The van der Waals surface area contributed by atoms with E-state index < -0.39 is 0 Å². The maximum absolute atomic E-state index is 12.3. The Kier molecular flexibility index (Phi) is 4.29. The second-order valence-corrected chi connectivity index (χ2v) is 6.45. The summed E-state index contributed by atoms with van der Waals surface area (Å²) < 4.78 is 0. The molecule has 3 aromatic rings. The van der Waals surface area contributed by atoms with Gasteiger partial charge in [0.15, 0.2) is 5.82 Å². The Labute approximate surface area is 146 Å². The number of aromatic nitrogens is 3. The highest BCUT2D eigenvalue weighted by atomic mass is 16.2. The van der Waals surface area contributed by atoms with Crippen LogP contribution in [-0.2, 0) is 17.8 Å². The van der Waals surface area contributed by atoms with Crippen molar-refractivity contribution in [3.63, 3.8) is 0 Å². The number of carbonyl (C=O) groups excluding carboxylic acids is 1. The molecule has 2 aromatic carbocycles. The fourth-order valence-corrected chi connectivity index (χ4v) is 3.32. The molecular formula is C20H20N4O. The molecule has 0 saturated carbocycles. The highest BCUT2D eigenvalue weighted by molar-refractivity contribution is 5.79. The van der Waals surface area contributed by atoms with Crippen LogP contribution in [-0.4, -0.2) is 32.5 Å².